The Hall–Kier alpha value is -2.36. The summed E-state index contributed by atoms with van der Waals surface area (Å²) in [5.74, 6) is -1.78. The zero-order valence-corrected chi connectivity index (χ0v) is 19.7. The lowest BCUT2D eigenvalue weighted by molar-refractivity contribution is -0.116. The average Bonchev–Trinajstić information content (AvgIpc) is 3.08. The molecule has 0 N–H and O–H groups in total. The van der Waals surface area contributed by atoms with Crippen molar-refractivity contribution in [2.24, 2.45) is 0 Å². The Kier molecular flexibility index (Phi) is 7.08. The first-order valence-electron chi connectivity index (χ1n) is 9.88. The fourth-order valence-electron chi connectivity index (χ4n) is 3.32. The molecule has 0 radical (unpaired) electrons. The molecule has 0 atom stereocenters. The Balaban J connectivity index is 1.92. The second-order valence-corrected chi connectivity index (χ2v) is 10.8. The van der Waals surface area contributed by atoms with Gasteiger partial charge in [-0.1, -0.05) is 17.4 Å². The van der Waals surface area contributed by atoms with Gasteiger partial charge in [0.05, 0.1) is 15.1 Å². The number of thiazole rings is 1. The van der Waals surface area contributed by atoms with E-state index in [4.69, 9.17) is 0 Å². The summed E-state index contributed by atoms with van der Waals surface area (Å²) >= 11 is 1.39. The summed E-state index contributed by atoms with van der Waals surface area (Å²) in [6.45, 7) is 5.08. The first-order valence-corrected chi connectivity index (χ1v) is 12.3. The molecule has 1 amide bonds. The summed E-state index contributed by atoms with van der Waals surface area (Å²) < 4.78 is 39.6. The van der Waals surface area contributed by atoms with Crippen LogP contribution in [0.25, 0.3) is 10.2 Å². The van der Waals surface area contributed by atoms with Gasteiger partial charge in [0, 0.05) is 6.54 Å². The lowest BCUT2D eigenvalue weighted by Gasteiger charge is -2.21. The summed E-state index contributed by atoms with van der Waals surface area (Å²) in [7, 11) is -0.0281. The Morgan fingerprint density at radius 1 is 1.10 bits per heavy atom. The molecule has 166 valence electrons. The maximum absolute atomic E-state index is 13.2. The van der Waals surface area contributed by atoms with Crippen molar-refractivity contribution in [1.82, 2.24) is 9.88 Å². The highest BCUT2D eigenvalue weighted by Crippen LogP contribution is 2.32. The van der Waals surface area contributed by atoms with Crippen LogP contribution in [0.3, 0.4) is 0 Å². The average molecular weight is 464 g/mol. The van der Waals surface area contributed by atoms with E-state index in [9.17, 15) is 17.6 Å². The Morgan fingerprint density at radius 3 is 2.42 bits per heavy atom. The summed E-state index contributed by atoms with van der Waals surface area (Å²) in [5.41, 5.74) is 2.94. The Morgan fingerprint density at radius 2 is 1.77 bits per heavy atom. The van der Waals surface area contributed by atoms with Crippen LogP contribution in [-0.4, -0.2) is 57.1 Å². The van der Waals surface area contributed by atoms with Gasteiger partial charge >= 0.3 is 0 Å². The standard InChI is InChI=1S/C22H26FN3O3S2/c1-15-12-16(2)21-19(13-15)24-22(30-21)26(11-5-10-25(3)4)20(27)14-31(28,29)18-8-6-17(23)7-9-18/h6-9,12-13H,5,10-11,14H2,1-4H3. The number of hydrogen-bond acceptors (Lipinski definition) is 6. The highest BCUT2D eigenvalue weighted by molar-refractivity contribution is 7.92. The summed E-state index contributed by atoms with van der Waals surface area (Å²) in [6.07, 6.45) is 0.670. The quantitative estimate of drug-likeness (QED) is 0.475. The number of sulfone groups is 1. The smallest absolute Gasteiger partial charge is 0.244 e. The van der Waals surface area contributed by atoms with Gasteiger partial charge in [0.15, 0.2) is 15.0 Å². The number of halogens is 1. The number of carbonyl (C=O) groups is 1. The van der Waals surface area contributed by atoms with Crippen molar-refractivity contribution in [3.8, 4) is 0 Å². The Labute approximate surface area is 186 Å². The lowest BCUT2D eigenvalue weighted by atomic mass is 10.1. The van der Waals surface area contributed by atoms with E-state index in [1.165, 1.54) is 28.4 Å². The van der Waals surface area contributed by atoms with Crippen LogP contribution in [0.5, 0.6) is 0 Å². The molecule has 9 heteroatoms. The number of fused-ring (bicyclic) bond motifs is 1. The predicted octanol–water partition coefficient (Wildman–Crippen LogP) is 3.81. The van der Waals surface area contributed by atoms with Gasteiger partial charge in [-0.25, -0.2) is 17.8 Å². The van der Waals surface area contributed by atoms with Crippen molar-refractivity contribution in [3.63, 3.8) is 0 Å². The second-order valence-electron chi connectivity index (χ2n) is 7.84. The molecule has 2 aromatic carbocycles. The van der Waals surface area contributed by atoms with Crippen LogP contribution in [0, 0.1) is 19.7 Å². The molecule has 0 aliphatic heterocycles. The fourth-order valence-corrected chi connectivity index (χ4v) is 5.58. The zero-order chi connectivity index (χ0) is 22.8. The van der Waals surface area contributed by atoms with E-state index in [2.05, 4.69) is 11.1 Å². The number of benzene rings is 2. The van der Waals surface area contributed by atoms with Gasteiger partial charge in [-0.15, -0.1) is 0 Å². The number of amides is 1. The third-order valence-electron chi connectivity index (χ3n) is 4.81. The van der Waals surface area contributed by atoms with E-state index in [1.807, 2.05) is 38.9 Å². The minimum absolute atomic E-state index is 0.0775. The fraction of sp³-hybridized carbons (Fsp3) is 0.364. The van der Waals surface area contributed by atoms with Gasteiger partial charge in [-0.05, 0) is 82.4 Å². The monoisotopic (exact) mass is 463 g/mol. The highest BCUT2D eigenvalue weighted by atomic mass is 32.2. The van der Waals surface area contributed by atoms with Crippen molar-refractivity contribution >= 4 is 42.4 Å². The summed E-state index contributed by atoms with van der Waals surface area (Å²) in [6, 6.07) is 8.52. The van der Waals surface area contributed by atoms with Gasteiger partial charge in [0.25, 0.3) is 0 Å². The predicted molar refractivity (Wildman–Crippen MR) is 123 cm³/mol. The number of anilines is 1. The van der Waals surface area contributed by atoms with Crippen LogP contribution in [0.15, 0.2) is 41.3 Å². The van der Waals surface area contributed by atoms with Gasteiger partial charge in [-0.3, -0.25) is 9.69 Å². The minimum Gasteiger partial charge on any atom is -0.309 e. The van der Waals surface area contributed by atoms with Crippen LogP contribution >= 0.6 is 11.3 Å². The van der Waals surface area contributed by atoms with Crippen molar-refractivity contribution < 1.29 is 17.6 Å². The molecule has 0 bridgehead atoms. The largest absolute Gasteiger partial charge is 0.309 e. The maximum Gasteiger partial charge on any atom is 0.244 e. The maximum atomic E-state index is 13.2. The molecule has 1 aromatic heterocycles. The van der Waals surface area contributed by atoms with Gasteiger partial charge in [0.2, 0.25) is 5.91 Å². The molecular formula is C22H26FN3O3S2. The first kappa shape index (κ1) is 23.3. The lowest BCUT2D eigenvalue weighted by Crippen LogP contribution is -2.37. The number of carbonyl (C=O) groups excluding carboxylic acids is 1. The number of aromatic nitrogens is 1. The van der Waals surface area contributed by atoms with Gasteiger partial charge in [0.1, 0.15) is 11.6 Å². The molecule has 0 aliphatic carbocycles. The molecule has 1 heterocycles. The van der Waals surface area contributed by atoms with Gasteiger partial charge in [-0.2, -0.15) is 0 Å². The summed E-state index contributed by atoms with van der Waals surface area (Å²) in [4.78, 5) is 21.2. The van der Waals surface area contributed by atoms with Crippen molar-refractivity contribution in [1.29, 1.82) is 0 Å². The van der Waals surface area contributed by atoms with E-state index in [-0.39, 0.29) is 4.90 Å². The third kappa shape index (κ3) is 5.66. The van der Waals surface area contributed by atoms with E-state index < -0.39 is 27.3 Å². The number of hydrogen-bond donors (Lipinski definition) is 0. The number of aryl methyl sites for hydroxylation is 2. The first-order chi connectivity index (χ1) is 14.6. The SMILES string of the molecule is Cc1cc(C)c2sc(N(CCCN(C)C)C(=O)CS(=O)(=O)c3ccc(F)cc3)nc2c1. The molecular weight excluding hydrogens is 437 g/mol. The van der Waals surface area contributed by atoms with Crippen LogP contribution in [-0.2, 0) is 14.6 Å². The zero-order valence-electron chi connectivity index (χ0n) is 18.1. The third-order valence-corrected chi connectivity index (χ3v) is 7.66. The minimum atomic E-state index is -3.91. The van der Waals surface area contributed by atoms with E-state index in [0.717, 1.165) is 40.0 Å². The molecule has 0 fully saturated rings. The van der Waals surface area contributed by atoms with E-state index >= 15 is 0 Å². The molecule has 31 heavy (non-hydrogen) atoms. The van der Waals surface area contributed by atoms with Crippen molar-refractivity contribution in [2.45, 2.75) is 25.2 Å². The molecule has 0 aliphatic rings. The molecule has 0 unspecified atom stereocenters. The van der Waals surface area contributed by atoms with Crippen LogP contribution in [0.2, 0.25) is 0 Å². The molecule has 0 saturated carbocycles. The van der Waals surface area contributed by atoms with E-state index in [1.54, 1.807) is 0 Å². The normalized spacial score (nSPS) is 11.9. The number of rotatable bonds is 8. The van der Waals surface area contributed by atoms with Gasteiger partial charge < -0.3 is 4.90 Å². The molecule has 3 rings (SSSR count). The Bertz CT molecular complexity index is 1190. The van der Waals surface area contributed by atoms with Crippen molar-refractivity contribution in [2.75, 3.05) is 37.8 Å². The molecule has 0 saturated heterocycles. The van der Waals surface area contributed by atoms with Crippen LogP contribution in [0.1, 0.15) is 17.5 Å². The van der Waals surface area contributed by atoms with E-state index in [0.29, 0.717) is 18.1 Å². The van der Waals surface area contributed by atoms with Crippen LogP contribution < -0.4 is 4.90 Å². The number of nitrogens with zero attached hydrogens (tertiary/aromatic N) is 3. The second kappa shape index (κ2) is 9.42. The van der Waals surface area contributed by atoms with Crippen molar-refractivity contribution in [3.05, 3.63) is 53.3 Å². The highest BCUT2D eigenvalue weighted by Gasteiger charge is 2.26. The molecule has 0 spiro atoms. The topological polar surface area (TPSA) is 70.6 Å². The molecule has 3 aromatic rings. The molecule has 6 nitrogen and oxygen atoms in total. The summed E-state index contributed by atoms with van der Waals surface area (Å²) in [5, 5.41) is 0.488. The van der Waals surface area contributed by atoms with Crippen LogP contribution in [0.4, 0.5) is 9.52 Å².